The standard InChI is InChI=1S/C15H13BrN2O3/c1-21-14(19)12-7-2-3-8-13(12)18-15(20)17-11-6-4-5-10(16)9-11/h2-9H,1H3,(H2,17,18,20). The van der Waals surface area contributed by atoms with E-state index in [1.807, 2.05) is 12.1 Å². The minimum atomic E-state index is -0.506. The van der Waals surface area contributed by atoms with Gasteiger partial charge in [-0.3, -0.25) is 0 Å². The van der Waals surface area contributed by atoms with E-state index >= 15 is 0 Å². The van der Waals surface area contributed by atoms with Crippen molar-refractivity contribution in [2.75, 3.05) is 17.7 Å². The second-order valence-electron chi connectivity index (χ2n) is 4.13. The average Bonchev–Trinajstić information content (AvgIpc) is 2.47. The first-order valence-electron chi connectivity index (χ1n) is 6.11. The zero-order chi connectivity index (χ0) is 15.2. The third-order valence-electron chi connectivity index (χ3n) is 2.66. The van der Waals surface area contributed by atoms with E-state index in [4.69, 9.17) is 0 Å². The van der Waals surface area contributed by atoms with Crippen molar-refractivity contribution in [2.24, 2.45) is 0 Å². The lowest BCUT2D eigenvalue weighted by atomic mass is 10.2. The molecule has 0 aromatic heterocycles. The molecule has 2 aromatic carbocycles. The van der Waals surface area contributed by atoms with Crippen molar-refractivity contribution in [3.8, 4) is 0 Å². The zero-order valence-electron chi connectivity index (χ0n) is 11.2. The van der Waals surface area contributed by atoms with Crippen molar-refractivity contribution in [2.45, 2.75) is 0 Å². The molecule has 2 amide bonds. The molecule has 0 heterocycles. The van der Waals surface area contributed by atoms with Crippen molar-refractivity contribution in [3.63, 3.8) is 0 Å². The van der Waals surface area contributed by atoms with E-state index in [1.165, 1.54) is 7.11 Å². The van der Waals surface area contributed by atoms with E-state index in [-0.39, 0.29) is 0 Å². The Morgan fingerprint density at radius 3 is 2.52 bits per heavy atom. The molecule has 0 saturated carbocycles. The molecule has 0 radical (unpaired) electrons. The third-order valence-corrected chi connectivity index (χ3v) is 3.16. The van der Waals surface area contributed by atoms with Crippen LogP contribution in [0.1, 0.15) is 10.4 Å². The number of anilines is 2. The van der Waals surface area contributed by atoms with Crippen LogP contribution >= 0.6 is 15.9 Å². The Balaban J connectivity index is 2.11. The summed E-state index contributed by atoms with van der Waals surface area (Å²) >= 11 is 3.33. The lowest BCUT2D eigenvalue weighted by Crippen LogP contribution is -2.21. The van der Waals surface area contributed by atoms with E-state index in [0.717, 1.165) is 4.47 Å². The number of benzene rings is 2. The predicted octanol–water partition coefficient (Wildman–Crippen LogP) is 3.88. The number of urea groups is 1. The summed E-state index contributed by atoms with van der Waals surface area (Å²) in [6.07, 6.45) is 0. The van der Waals surface area contributed by atoms with Crippen LogP contribution in [0.4, 0.5) is 16.2 Å². The molecule has 0 fully saturated rings. The molecule has 108 valence electrons. The third kappa shape index (κ3) is 4.06. The number of methoxy groups -OCH3 is 1. The van der Waals surface area contributed by atoms with Gasteiger partial charge in [0.2, 0.25) is 0 Å². The van der Waals surface area contributed by atoms with Crippen LogP contribution in [0.3, 0.4) is 0 Å². The zero-order valence-corrected chi connectivity index (χ0v) is 12.8. The Morgan fingerprint density at radius 1 is 1.05 bits per heavy atom. The summed E-state index contributed by atoms with van der Waals surface area (Å²) in [6, 6.07) is 13.4. The van der Waals surface area contributed by atoms with E-state index in [0.29, 0.717) is 16.9 Å². The molecule has 0 bridgehead atoms. The maximum atomic E-state index is 12.0. The van der Waals surface area contributed by atoms with E-state index in [2.05, 4.69) is 31.3 Å². The number of rotatable bonds is 3. The van der Waals surface area contributed by atoms with Gasteiger partial charge in [0.15, 0.2) is 0 Å². The van der Waals surface area contributed by atoms with Crippen LogP contribution in [0.5, 0.6) is 0 Å². The molecule has 21 heavy (non-hydrogen) atoms. The van der Waals surface area contributed by atoms with E-state index in [9.17, 15) is 9.59 Å². The first-order chi connectivity index (χ1) is 10.1. The first-order valence-corrected chi connectivity index (χ1v) is 6.90. The molecule has 0 atom stereocenters. The summed E-state index contributed by atoms with van der Waals surface area (Å²) in [5.74, 6) is -0.506. The monoisotopic (exact) mass is 348 g/mol. The number of hydrogen-bond donors (Lipinski definition) is 2. The molecular formula is C15H13BrN2O3. The van der Waals surface area contributed by atoms with Crippen LogP contribution in [-0.4, -0.2) is 19.1 Å². The Bertz CT molecular complexity index is 673. The molecule has 0 aliphatic rings. The molecule has 6 heteroatoms. The van der Waals surface area contributed by atoms with Crippen molar-refractivity contribution in [1.29, 1.82) is 0 Å². The normalized spacial score (nSPS) is 9.81. The van der Waals surface area contributed by atoms with Crippen LogP contribution < -0.4 is 10.6 Å². The van der Waals surface area contributed by atoms with Crippen LogP contribution in [0.2, 0.25) is 0 Å². The number of ether oxygens (including phenoxy) is 1. The maximum absolute atomic E-state index is 12.0. The molecule has 2 aromatic rings. The van der Waals surface area contributed by atoms with Crippen molar-refractivity contribution >= 4 is 39.3 Å². The van der Waals surface area contributed by atoms with Gasteiger partial charge in [-0.05, 0) is 30.3 Å². The molecule has 2 rings (SSSR count). The Morgan fingerprint density at radius 2 is 1.81 bits per heavy atom. The lowest BCUT2D eigenvalue weighted by Gasteiger charge is -2.10. The molecule has 0 unspecified atom stereocenters. The number of para-hydroxylation sites is 1. The summed E-state index contributed by atoms with van der Waals surface area (Å²) in [6.45, 7) is 0. The maximum Gasteiger partial charge on any atom is 0.339 e. The second-order valence-corrected chi connectivity index (χ2v) is 5.04. The van der Waals surface area contributed by atoms with Crippen LogP contribution in [0.15, 0.2) is 53.0 Å². The van der Waals surface area contributed by atoms with E-state index in [1.54, 1.807) is 36.4 Å². The fraction of sp³-hybridized carbons (Fsp3) is 0.0667. The van der Waals surface area contributed by atoms with Gasteiger partial charge in [0, 0.05) is 10.2 Å². The van der Waals surface area contributed by atoms with Crippen LogP contribution in [0, 0.1) is 0 Å². The van der Waals surface area contributed by atoms with Gasteiger partial charge < -0.3 is 15.4 Å². The molecule has 0 aliphatic heterocycles. The number of nitrogens with one attached hydrogen (secondary N) is 2. The first kappa shape index (κ1) is 15.1. The summed E-state index contributed by atoms with van der Waals surface area (Å²) in [5, 5.41) is 5.31. The van der Waals surface area contributed by atoms with Gasteiger partial charge in [-0.2, -0.15) is 0 Å². The minimum Gasteiger partial charge on any atom is -0.465 e. The van der Waals surface area contributed by atoms with Gasteiger partial charge in [-0.25, -0.2) is 9.59 Å². The fourth-order valence-electron chi connectivity index (χ4n) is 1.73. The predicted molar refractivity (Wildman–Crippen MR) is 84.6 cm³/mol. The number of halogens is 1. The van der Waals surface area contributed by atoms with Crippen molar-refractivity contribution < 1.29 is 14.3 Å². The molecule has 2 N–H and O–H groups in total. The number of carbonyl (C=O) groups is 2. The molecule has 0 spiro atoms. The average molecular weight is 349 g/mol. The van der Waals surface area contributed by atoms with Crippen LogP contribution in [-0.2, 0) is 4.74 Å². The highest BCUT2D eigenvalue weighted by atomic mass is 79.9. The number of carbonyl (C=O) groups excluding carboxylic acids is 2. The smallest absolute Gasteiger partial charge is 0.339 e. The minimum absolute atomic E-state index is 0.296. The molecule has 5 nitrogen and oxygen atoms in total. The molecular weight excluding hydrogens is 336 g/mol. The van der Waals surface area contributed by atoms with Crippen LogP contribution in [0.25, 0.3) is 0 Å². The van der Waals surface area contributed by atoms with Gasteiger partial charge in [0.1, 0.15) is 0 Å². The van der Waals surface area contributed by atoms with Crippen molar-refractivity contribution in [3.05, 3.63) is 58.6 Å². The number of amides is 2. The van der Waals surface area contributed by atoms with Gasteiger partial charge in [0.05, 0.1) is 18.4 Å². The largest absolute Gasteiger partial charge is 0.465 e. The van der Waals surface area contributed by atoms with Crippen molar-refractivity contribution in [1.82, 2.24) is 0 Å². The topological polar surface area (TPSA) is 67.4 Å². The van der Waals surface area contributed by atoms with Gasteiger partial charge >= 0.3 is 12.0 Å². The summed E-state index contributed by atoms with van der Waals surface area (Å²) < 4.78 is 5.53. The lowest BCUT2D eigenvalue weighted by molar-refractivity contribution is 0.0602. The summed E-state index contributed by atoms with van der Waals surface area (Å²) in [5.41, 5.74) is 1.32. The fourth-order valence-corrected chi connectivity index (χ4v) is 2.13. The Kier molecular flexibility index (Phi) is 4.94. The highest BCUT2D eigenvalue weighted by molar-refractivity contribution is 9.10. The number of hydrogen-bond acceptors (Lipinski definition) is 3. The highest BCUT2D eigenvalue weighted by Gasteiger charge is 2.13. The molecule has 0 saturated heterocycles. The second kappa shape index (κ2) is 6.90. The number of esters is 1. The Hall–Kier alpha value is -2.34. The van der Waals surface area contributed by atoms with Gasteiger partial charge in [0.25, 0.3) is 0 Å². The Labute approximate surface area is 130 Å². The van der Waals surface area contributed by atoms with Gasteiger partial charge in [-0.15, -0.1) is 0 Å². The summed E-state index contributed by atoms with van der Waals surface area (Å²) in [7, 11) is 1.29. The van der Waals surface area contributed by atoms with Gasteiger partial charge in [-0.1, -0.05) is 34.1 Å². The molecule has 0 aliphatic carbocycles. The SMILES string of the molecule is COC(=O)c1ccccc1NC(=O)Nc1cccc(Br)c1. The summed E-state index contributed by atoms with van der Waals surface area (Å²) in [4.78, 5) is 23.6. The van der Waals surface area contributed by atoms with E-state index < -0.39 is 12.0 Å². The quantitative estimate of drug-likeness (QED) is 0.827. The highest BCUT2D eigenvalue weighted by Crippen LogP contribution is 2.18.